The second-order valence-corrected chi connectivity index (χ2v) is 5.45. The number of aliphatic hydroxyl groups excluding tert-OH is 1. The maximum absolute atomic E-state index is 10.2. The summed E-state index contributed by atoms with van der Waals surface area (Å²) in [5.74, 6) is 0. The number of hydrogen-bond acceptors (Lipinski definition) is 2. The molecule has 0 spiro atoms. The summed E-state index contributed by atoms with van der Waals surface area (Å²) in [5, 5.41) is 10.9. The second-order valence-electron chi connectivity index (χ2n) is 5.01. The molecular weight excluding hydrogens is 258 g/mol. The summed E-state index contributed by atoms with van der Waals surface area (Å²) in [5.41, 5.74) is 3.41. The van der Waals surface area contributed by atoms with Crippen LogP contribution in [0.15, 0.2) is 48.5 Å². The van der Waals surface area contributed by atoms with Gasteiger partial charge in [-0.2, -0.15) is 0 Å². The van der Waals surface area contributed by atoms with E-state index in [1.807, 2.05) is 36.4 Å². The lowest BCUT2D eigenvalue weighted by Gasteiger charge is -2.32. The third-order valence-electron chi connectivity index (χ3n) is 3.54. The normalized spacial score (nSPS) is 19.2. The number of rotatable bonds is 2. The van der Waals surface area contributed by atoms with Crippen molar-refractivity contribution >= 4 is 11.6 Å². The first-order valence-corrected chi connectivity index (χ1v) is 6.83. The Bertz CT molecular complexity index is 570. The zero-order chi connectivity index (χ0) is 13.2. The van der Waals surface area contributed by atoms with Crippen molar-refractivity contribution in [3.8, 4) is 0 Å². The molecule has 0 aromatic heterocycles. The highest BCUT2D eigenvalue weighted by Crippen LogP contribution is 2.29. The third kappa shape index (κ3) is 2.81. The standard InChI is InChI=1S/C16H16ClNO/c17-14-7-6-13-10-18(11-16(19)15(13)8-14)9-12-4-2-1-3-5-12/h1-8,16,19H,9-11H2. The van der Waals surface area contributed by atoms with Gasteiger partial charge in [-0.1, -0.05) is 48.0 Å². The first-order chi connectivity index (χ1) is 9.22. The molecule has 1 atom stereocenters. The van der Waals surface area contributed by atoms with E-state index in [2.05, 4.69) is 17.0 Å². The molecule has 1 aliphatic heterocycles. The first-order valence-electron chi connectivity index (χ1n) is 6.45. The maximum atomic E-state index is 10.2. The van der Waals surface area contributed by atoms with E-state index < -0.39 is 6.10 Å². The number of halogens is 1. The van der Waals surface area contributed by atoms with Gasteiger partial charge in [-0.3, -0.25) is 4.90 Å². The number of fused-ring (bicyclic) bond motifs is 1. The molecule has 1 unspecified atom stereocenters. The Hall–Kier alpha value is -1.35. The van der Waals surface area contributed by atoms with Crippen molar-refractivity contribution in [2.24, 2.45) is 0 Å². The summed E-state index contributed by atoms with van der Waals surface area (Å²) in [6, 6.07) is 16.1. The molecule has 0 radical (unpaired) electrons. The largest absolute Gasteiger partial charge is 0.387 e. The van der Waals surface area contributed by atoms with E-state index in [1.54, 1.807) is 0 Å². The summed E-state index contributed by atoms with van der Waals surface area (Å²) < 4.78 is 0. The van der Waals surface area contributed by atoms with E-state index in [0.717, 1.165) is 18.7 Å². The number of hydrogen-bond donors (Lipinski definition) is 1. The SMILES string of the molecule is OC1CN(Cc2ccccc2)Cc2ccc(Cl)cc21. The lowest BCUT2D eigenvalue weighted by Crippen LogP contribution is -2.33. The summed E-state index contributed by atoms with van der Waals surface area (Å²) in [6.07, 6.45) is -0.453. The average molecular weight is 274 g/mol. The van der Waals surface area contributed by atoms with Crippen LogP contribution in [0.2, 0.25) is 5.02 Å². The fourth-order valence-corrected chi connectivity index (χ4v) is 2.81. The van der Waals surface area contributed by atoms with Crippen molar-refractivity contribution in [2.75, 3.05) is 6.54 Å². The molecule has 0 aliphatic carbocycles. The van der Waals surface area contributed by atoms with Crippen LogP contribution in [0.25, 0.3) is 0 Å². The van der Waals surface area contributed by atoms with Crippen LogP contribution in [0.5, 0.6) is 0 Å². The van der Waals surface area contributed by atoms with Crippen LogP contribution < -0.4 is 0 Å². The van der Waals surface area contributed by atoms with Crippen molar-refractivity contribution in [2.45, 2.75) is 19.2 Å². The molecule has 0 saturated heterocycles. The molecule has 2 aromatic rings. The highest BCUT2D eigenvalue weighted by atomic mass is 35.5. The maximum Gasteiger partial charge on any atom is 0.0920 e. The molecule has 1 N–H and O–H groups in total. The summed E-state index contributed by atoms with van der Waals surface area (Å²) in [7, 11) is 0. The van der Waals surface area contributed by atoms with Crippen molar-refractivity contribution < 1.29 is 5.11 Å². The van der Waals surface area contributed by atoms with E-state index in [9.17, 15) is 5.11 Å². The van der Waals surface area contributed by atoms with Crippen molar-refractivity contribution in [3.63, 3.8) is 0 Å². The van der Waals surface area contributed by atoms with Crippen LogP contribution in [0.4, 0.5) is 0 Å². The minimum Gasteiger partial charge on any atom is -0.387 e. The van der Waals surface area contributed by atoms with Crippen molar-refractivity contribution in [1.29, 1.82) is 0 Å². The molecule has 98 valence electrons. The fourth-order valence-electron chi connectivity index (χ4n) is 2.63. The Kier molecular flexibility index (Phi) is 3.56. The molecule has 0 saturated carbocycles. The predicted molar refractivity (Wildman–Crippen MR) is 77.0 cm³/mol. The lowest BCUT2D eigenvalue weighted by molar-refractivity contribution is 0.0882. The molecule has 0 amide bonds. The minimum atomic E-state index is -0.453. The highest BCUT2D eigenvalue weighted by Gasteiger charge is 2.23. The quantitative estimate of drug-likeness (QED) is 0.907. The van der Waals surface area contributed by atoms with Gasteiger partial charge in [0.2, 0.25) is 0 Å². The Morgan fingerprint density at radius 2 is 1.95 bits per heavy atom. The summed E-state index contributed by atoms with van der Waals surface area (Å²) >= 11 is 5.98. The number of β-amino-alcohol motifs (C(OH)–C–C–N with tert-alkyl or cyclic N) is 1. The van der Waals surface area contributed by atoms with E-state index >= 15 is 0 Å². The van der Waals surface area contributed by atoms with Crippen LogP contribution in [0.1, 0.15) is 22.8 Å². The summed E-state index contributed by atoms with van der Waals surface area (Å²) in [4.78, 5) is 2.26. The van der Waals surface area contributed by atoms with E-state index in [0.29, 0.717) is 11.6 Å². The van der Waals surface area contributed by atoms with Gasteiger partial charge in [-0.25, -0.2) is 0 Å². The molecule has 3 heteroatoms. The predicted octanol–water partition coefficient (Wildman–Crippen LogP) is 3.39. The molecule has 19 heavy (non-hydrogen) atoms. The van der Waals surface area contributed by atoms with Gasteiger partial charge < -0.3 is 5.11 Å². The lowest BCUT2D eigenvalue weighted by atomic mass is 9.97. The molecule has 2 nitrogen and oxygen atoms in total. The molecule has 2 aromatic carbocycles. The molecular formula is C16H16ClNO. The van der Waals surface area contributed by atoms with Gasteiger partial charge in [-0.15, -0.1) is 0 Å². The molecule has 1 heterocycles. The molecule has 0 bridgehead atoms. The van der Waals surface area contributed by atoms with Gasteiger partial charge in [0.1, 0.15) is 0 Å². The molecule has 3 rings (SSSR count). The Labute approximate surface area is 118 Å². The van der Waals surface area contributed by atoms with Crippen LogP contribution in [0.3, 0.4) is 0 Å². The number of benzene rings is 2. The van der Waals surface area contributed by atoms with Gasteiger partial charge in [0.25, 0.3) is 0 Å². The van der Waals surface area contributed by atoms with E-state index in [4.69, 9.17) is 11.6 Å². The fraction of sp³-hybridized carbons (Fsp3) is 0.250. The smallest absolute Gasteiger partial charge is 0.0920 e. The Morgan fingerprint density at radius 1 is 1.16 bits per heavy atom. The third-order valence-corrected chi connectivity index (χ3v) is 3.78. The first kappa shape index (κ1) is 12.7. The second kappa shape index (κ2) is 5.33. The highest BCUT2D eigenvalue weighted by molar-refractivity contribution is 6.30. The van der Waals surface area contributed by atoms with E-state index in [1.165, 1.54) is 11.1 Å². The van der Waals surface area contributed by atoms with Crippen molar-refractivity contribution in [3.05, 3.63) is 70.2 Å². The molecule has 0 fully saturated rings. The average Bonchev–Trinajstić information content (AvgIpc) is 2.41. The van der Waals surface area contributed by atoms with Gasteiger partial charge in [0.15, 0.2) is 0 Å². The zero-order valence-corrected chi connectivity index (χ0v) is 11.3. The number of nitrogens with zero attached hydrogens (tertiary/aromatic N) is 1. The van der Waals surface area contributed by atoms with Crippen LogP contribution >= 0.6 is 11.6 Å². The topological polar surface area (TPSA) is 23.5 Å². The van der Waals surface area contributed by atoms with Gasteiger partial charge in [0, 0.05) is 24.7 Å². The van der Waals surface area contributed by atoms with Gasteiger partial charge >= 0.3 is 0 Å². The van der Waals surface area contributed by atoms with Crippen LogP contribution in [-0.2, 0) is 13.1 Å². The molecule has 1 aliphatic rings. The Balaban J connectivity index is 1.80. The van der Waals surface area contributed by atoms with Crippen molar-refractivity contribution in [1.82, 2.24) is 4.90 Å². The monoisotopic (exact) mass is 273 g/mol. The van der Waals surface area contributed by atoms with Crippen LogP contribution in [0, 0.1) is 0 Å². The minimum absolute atomic E-state index is 0.453. The van der Waals surface area contributed by atoms with E-state index in [-0.39, 0.29) is 0 Å². The van der Waals surface area contributed by atoms with Gasteiger partial charge in [0.05, 0.1) is 6.10 Å². The van der Waals surface area contributed by atoms with Gasteiger partial charge in [-0.05, 0) is 28.8 Å². The number of aliphatic hydroxyl groups is 1. The Morgan fingerprint density at radius 3 is 2.74 bits per heavy atom. The van der Waals surface area contributed by atoms with Crippen LogP contribution in [-0.4, -0.2) is 16.6 Å². The summed E-state index contributed by atoms with van der Waals surface area (Å²) in [6.45, 7) is 2.38. The zero-order valence-electron chi connectivity index (χ0n) is 10.6.